The first kappa shape index (κ1) is 22.8. The first-order chi connectivity index (χ1) is 15.5. The number of aromatic amines is 1. The Bertz CT molecular complexity index is 1030. The molecule has 1 amide bonds. The van der Waals surface area contributed by atoms with Crippen LogP contribution in [-0.4, -0.2) is 59.0 Å². The summed E-state index contributed by atoms with van der Waals surface area (Å²) in [5, 5.41) is 5.49. The predicted molar refractivity (Wildman–Crippen MR) is 134 cm³/mol. The van der Waals surface area contributed by atoms with Crippen LogP contribution >= 0.6 is 11.3 Å². The van der Waals surface area contributed by atoms with E-state index in [4.69, 9.17) is 0 Å². The van der Waals surface area contributed by atoms with Gasteiger partial charge in [-0.1, -0.05) is 49.3 Å². The van der Waals surface area contributed by atoms with Crippen LogP contribution in [0.15, 0.2) is 36.7 Å². The Morgan fingerprint density at radius 3 is 2.78 bits per heavy atom. The standard InChI is InChI=1S/C25H35N5OS/c1-5-6-9-20(12-19-13-26-22-11-8-7-10-21(19)22)28-24(31)23-14-27-25(32-23)30-15-17(2)29(4)18(3)16-30/h7-8,10-11,13-14,17-18,20,26H,5-6,9,12,15-16H2,1-4H3,(H,28,31)/t17-,18+,20?. The molecule has 1 unspecified atom stereocenters. The van der Waals surface area contributed by atoms with Gasteiger partial charge in [0.1, 0.15) is 4.88 Å². The summed E-state index contributed by atoms with van der Waals surface area (Å²) in [5.41, 5.74) is 2.40. The summed E-state index contributed by atoms with van der Waals surface area (Å²) in [5.74, 6) is -0.00933. The van der Waals surface area contributed by atoms with Gasteiger partial charge in [-0.3, -0.25) is 9.69 Å². The Morgan fingerprint density at radius 2 is 2.03 bits per heavy atom. The quantitative estimate of drug-likeness (QED) is 0.520. The minimum atomic E-state index is -0.00933. The molecule has 0 bridgehead atoms. The number of carbonyl (C=O) groups is 1. The monoisotopic (exact) mass is 453 g/mol. The molecular weight excluding hydrogens is 418 g/mol. The van der Waals surface area contributed by atoms with Gasteiger partial charge in [-0.25, -0.2) is 4.98 Å². The number of para-hydroxylation sites is 1. The van der Waals surface area contributed by atoms with E-state index in [2.05, 4.69) is 77.3 Å². The molecule has 1 fully saturated rings. The molecule has 1 aromatic carbocycles. The summed E-state index contributed by atoms with van der Waals surface area (Å²) in [7, 11) is 2.18. The number of fused-ring (bicyclic) bond motifs is 1. The molecule has 0 spiro atoms. The highest BCUT2D eigenvalue weighted by molar-refractivity contribution is 7.17. The summed E-state index contributed by atoms with van der Waals surface area (Å²) in [6.45, 7) is 8.56. The average molecular weight is 454 g/mol. The van der Waals surface area contributed by atoms with Crippen molar-refractivity contribution in [3.05, 3.63) is 47.1 Å². The van der Waals surface area contributed by atoms with E-state index in [1.165, 1.54) is 22.3 Å². The molecule has 0 saturated carbocycles. The molecule has 1 saturated heterocycles. The SMILES string of the molecule is CCCCC(Cc1c[nH]c2ccccc12)NC(=O)c1cnc(N2C[C@@H](C)N(C)[C@@H](C)C2)s1. The lowest BCUT2D eigenvalue weighted by Crippen LogP contribution is -2.55. The van der Waals surface area contributed by atoms with Crippen LogP contribution < -0.4 is 10.2 Å². The maximum atomic E-state index is 13.1. The van der Waals surface area contributed by atoms with E-state index >= 15 is 0 Å². The van der Waals surface area contributed by atoms with Crippen LogP contribution in [0, 0.1) is 0 Å². The third-order valence-corrected chi connectivity index (χ3v) is 7.79. The highest BCUT2D eigenvalue weighted by Gasteiger charge is 2.28. The van der Waals surface area contributed by atoms with Crippen molar-refractivity contribution in [2.75, 3.05) is 25.0 Å². The highest BCUT2D eigenvalue weighted by atomic mass is 32.1. The number of nitrogens with one attached hydrogen (secondary N) is 2. The molecule has 0 aliphatic carbocycles. The summed E-state index contributed by atoms with van der Waals surface area (Å²) in [6, 6.07) is 9.39. The molecule has 0 radical (unpaired) electrons. The number of H-pyrrole nitrogens is 1. The second-order valence-electron chi connectivity index (χ2n) is 9.15. The zero-order valence-corrected chi connectivity index (χ0v) is 20.4. The van der Waals surface area contributed by atoms with Gasteiger partial charge in [0.25, 0.3) is 5.91 Å². The number of hydrogen-bond acceptors (Lipinski definition) is 5. The van der Waals surface area contributed by atoms with Crippen molar-refractivity contribution in [1.29, 1.82) is 0 Å². The third kappa shape index (κ3) is 4.99. The number of amides is 1. The number of anilines is 1. The second-order valence-corrected chi connectivity index (χ2v) is 10.2. The molecule has 2 N–H and O–H groups in total. The minimum absolute atomic E-state index is 0.00933. The van der Waals surface area contributed by atoms with Crippen molar-refractivity contribution in [2.24, 2.45) is 0 Å². The molecule has 32 heavy (non-hydrogen) atoms. The summed E-state index contributed by atoms with van der Waals surface area (Å²) in [4.78, 5) is 26.5. The molecule has 172 valence electrons. The molecule has 4 rings (SSSR count). The first-order valence-electron chi connectivity index (χ1n) is 11.7. The minimum Gasteiger partial charge on any atom is -0.361 e. The van der Waals surface area contributed by atoms with E-state index in [9.17, 15) is 4.79 Å². The average Bonchev–Trinajstić information content (AvgIpc) is 3.43. The van der Waals surface area contributed by atoms with E-state index in [1.807, 2.05) is 6.07 Å². The number of benzene rings is 1. The summed E-state index contributed by atoms with van der Waals surface area (Å²) in [6.07, 6.45) is 7.83. The molecule has 6 nitrogen and oxygen atoms in total. The van der Waals surface area contributed by atoms with Crippen molar-refractivity contribution in [1.82, 2.24) is 20.2 Å². The van der Waals surface area contributed by atoms with Crippen LogP contribution in [0.1, 0.15) is 55.3 Å². The number of thiazole rings is 1. The maximum Gasteiger partial charge on any atom is 0.263 e. The number of carbonyl (C=O) groups excluding carboxylic acids is 1. The van der Waals surface area contributed by atoms with Gasteiger partial charge >= 0.3 is 0 Å². The lowest BCUT2D eigenvalue weighted by molar-refractivity contribution is 0.0938. The number of unbranched alkanes of at least 4 members (excludes halogenated alkanes) is 1. The lowest BCUT2D eigenvalue weighted by Gasteiger charge is -2.42. The highest BCUT2D eigenvalue weighted by Crippen LogP contribution is 2.27. The summed E-state index contributed by atoms with van der Waals surface area (Å²) >= 11 is 1.51. The lowest BCUT2D eigenvalue weighted by atomic mass is 10.0. The van der Waals surface area contributed by atoms with E-state index in [1.54, 1.807) is 6.20 Å². The molecule has 3 atom stereocenters. The number of piperazine rings is 1. The second kappa shape index (κ2) is 10.0. The van der Waals surface area contributed by atoms with E-state index < -0.39 is 0 Å². The van der Waals surface area contributed by atoms with Crippen LogP contribution in [0.5, 0.6) is 0 Å². The largest absolute Gasteiger partial charge is 0.361 e. The topological polar surface area (TPSA) is 64.3 Å². The van der Waals surface area contributed by atoms with Crippen molar-refractivity contribution >= 4 is 33.3 Å². The Hall–Kier alpha value is -2.38. The number of likely N-dealkylation sites (N-methyl/N-ethyl adjacent to an activating group) is 1. The Balaban J connectivity index is 1.44. The number of aromatic nitrogens is 2. The fourth-order valence-electron chi connectivity index (χ4n) is 4.57. The van der Waals surface area contributed by atoms with Crippen molar-refractivity contribution in [2.45, 2.75) is 64.6 Å². The molecule has 1 aliphatic heterocycles. The zero-order chi connectivity index (χ0) is 22.7. The van der Waals surface area contributed by atoms with E-state index in [0.29, 0.717) is 17.0 Å². The van der Waals surface area contributed by atoms with E-state index in [0.717, 1.165) is 49.4 Å². The molecule has 1 aliphatic rings. The van der Waals surface area contributed by atoms with Crippen LogP contribution in [0.2, 0.25) is 0 Å². The van der Waals surface area contributed by atoms with Gasteiger partial charge in [0.05, 0.1) is 6.20 Å². The zero-order valence-electron chi connectivity index (χ0n) is 19.6. The van der Waals surface area contributed by atoms with Crippen LogP contribution in [-0.2, 0) is 6.42 Å². The van der Waals surface area contributed by atoms with Crippen LogP contribution in [0.25, 0.3) is 10.9 Å². The van der Waals surface area contributed by atoms with Gasteiger partial charge in [-0.05, 0) is 45.4 Å². The third-order valence-electron chi connectivity index (χ3n) is 6.73. The van der Waals surface area contributed by atoms with Crippen LogP contribution in [0.4, 0.5) is 5.13 Å². The van der Waals surface area contributed by atoms with Gasteiger partial charge in [-0.15, -0.1) is 0 Å². The molecular formula is C25H35N5OS. The normalized spacial score (nSPS) is 20.6. The van der Waals surface area contributed by atoms with Gasteiger partial charge < -0.3 is 15.2 Å². The number of hydrogen-bond donors (Lipinski definition) is 2. The fraction of sp³-hybridized carbons (Fsp3) is 0.520. The molecule has 2 aromatic heterocycles. The Labute approximate surface area is 195 Å². The summed E-state index contributed by atoms with van der Waals surface area (Å²) < 4.78 is 0. The Morgan fingerprint density at radius 1 is 1.28 bits per heavy atom. The van der Waals surface area contributed by atoms with Gasteiger partial charge in [0.2, 0.25) is 0 Å². The first-order valence-corrected chi connectivity index (χ1v) is 12.6. The van der Waals surface area contributed by atoms with Gasteiger partial charge in [0.15, 0.2) is 5.13 Å². The molecule has 3 aromatic rings. The van der Waals surface area contributed by atoms with Gasteiger partial charge in [0, 0.05) is 48.3 Å². The van der Waals surface area contributed by atoms with Crippen LogP contribution in [0.3, 0.4) is 0 Å². The van der Waals surface area contributed by atoms with Crippen molar-refractivity contribution in [3.8, 4) is 0 Å². The Kier molecular flexibility index (Phi) is 7.16. The smallest absolute Gasteiger partial charge is 0.263 e. The van der Waals surface area contributed by atoms with Gasteiger partial charge in [-0.2, -0.15) is 0 Å². The fourth-order valence-corrected chi connectivity index (χ4v) is 5.41. The van der Waals surface area contributed by atoms with Crippen molar-refractivity contribution < 1.29 is 4.79 Å². The molecule has 7 heteroatoms. The van der Waals surface area contributed by atoms with Crippen molar-refractivity contribution in [3.63, 3.8) is 0 Å². The predicted octanol–water partition coefficient (Wildman–Crippen LogP) is 4.68. The maximum absolute atomic E-state index is 13.1. The number of nitrogens with zero attached hydrogens (tertiary/aromatic N) is 3. The van der Waals surface area contributed by atoms with E-state index in [-0.39, 0.29) is 11.9 Å². The molecule has 3 heterocycles. The number of rotatable bonds is 8.